The molecule has 21 heavy (non-hydrogen) atoms. The number of benzene rings is 1. The molecule has 0 amide bonds. The van der Waals surface area contributed by atoms with Crippen molar-refractivity contribution < 1.29 is 14.5 Å². The summed E-state index contributed by atoms with van der Waals surface area (Å²) in [6.45, 7) is 3.70. The molecule has 7 heteroatoms. The first kappa shape index (κ1) is 14.7. The minimum Gasteiger partial charge on any atom is -0.464 e. The molecule has 1 heterocycles. The molecule has 0 spiro atoms. The topological polar surface area (TPSA) is 94.4 Å². The first-order valence-corrected chi connectivity index (χ1v) is 6.50. The van der Waals surface area contributed by atoms with Gasteiger partial charge in [-0.3, -0.25) is 10.1 Å². The number of nitro benzene ring substituents is 1. The van der Waals surface area contributed by atoms with Crippen molar-refractivity contribution >= 4 is 28.2 Å². The molecular formula is C14H15N3O4. The number of pyridine rings is 1. The highest BCUT2D eigenvalue weighted by atomic mass is 16.6. The molecule has 1 atom stereocenters. The van der Waals surface area contributed by atoms with Crippen LogP contribution >= 0.6 is 0 Å². The lowest BCUT2D eigenvalue weighted by molar-refractivity contribution is -0.383. The number of nitrogens with one attached hydrogen (secondary N) is 1. The predicted octanol–water partition coefficient (Wildman–Crippen LogP) is 2.51. The standard InChI is InChI=1S/C14H15N3O4/c1-3-21-14(18)9(2)16-11-6-7-12(17(19)20)13-10(11)5-4-8-15-13/h4-9,16H,3H2,1-2H3. The summed E-state index contributed by atoms with van der Waals surface area (Å²) in [6.07, 6.45) is 1.49. The third kappa shape index (κ3) is 3.07. The van der Waals surface area contributed by atoms with Gasteiger partial charge in [-0.05, 0) is 32.0 Å². The Bertz CT molecular complexity index is 687. The van der Waals surface area contributed by atoms with Crippen LogP contribution in [0.2, 0.25) is 0 Å². The van der Waals surface area contributed by atoms with E-state index in [4.69, 9.17) is 4.74 Å². The summed E-state index contributed by atoms with van der Waals surface area (Å²) in [5, 5.41) is 14.6. The number of carbonyl (C=O) groups excluding carboxylic acids is 1. The van der Waals surface area contributed by atoms with E-state index in [1.165, 1.54) is 12.3 Å². The normalized spacial score (nSPS) is 11.9. The van der Waals surface area contributed by atoms with Gasteiger partial charge in [0.1, 0.15) is 11.6 Å². The number of hydrogen-bond acceptors (Lipinski definition) is 6. The van der Waals surface area contributed by atoms with Gasteiger partial charge in [-0.25, -0.2) is 9.78 Å². The fraction of sp³-hybridized carbons (Fsp3) is 0.286. The van der Waals surface area contributed by atoms with Gasteiger partial charge in [-0.1, -0.05) is 0 Å². The number of hydrogen-bond donors (Lipinski definition) is 1. The van der Waals surface area contributed by atoms with Crippen LogP contribution in [0.3, 0.4) is 0 Å². The predicted molar refractivity (Wildman–Crippen MR) is 78.1 cm³/mol. The molecule has 7 nitrogen and oxygen atoms in total. The Morgan fingerprint density at radius 1 is 1.48 bits per heavy atom. The molecule has 0 aliphatic heterocycles. The maximum atomic E-state index is 11.7. The van der Waals surface area contributed by atoms with Crippen LogP contribution in [0.4, 0.5) is 11.4 Å². The van der Waals surface area contributed by atoms with Crippen molar-refractivity contribution in [2.75, 3.05) is 11.9 Å². The second-order valence-electron chi connectivity index (χ2n) is 4.41. The lowest BCUT2D eigenvalue weighted by atomic mass is 10.1. The molecular weight excluding hydrogens is 274 g/mol. The van der Waals surface area contributed by atoms with Gasteiger partial charge in [0.25, 0.3) is 5.69 Å². The van der Waals surface area contributed by atoms with Gasteiger partial charge in [0, 0.05) is 23.3 Å². The number of aromatic nitrogens is 1. The van der Waals surface area contributed by atoms with Crippen molar-refractivity contribution in [1.29, 1.82) is 0 Å². The van der Waals surface area contributed by atoms with Crippen LogP contribution in [-0.2, 0) is 9.53 Å². The minimum atomic E-state index is -0.560. The van der Waals surface area contributed by atoms with Gasteiger partial charge >= 0.3 is 5.97 Å². The first-order chi connectivity index (χ1) is 10.0. The zero-order valence-corrected chi connectivity index (χ0v) is 11.7. The van der Waals surface area contributed by atoms with Crippen molar-refractivity contribution in [3.63, 3.8) is 0 Å². The third-order valence-electron chi connectivity index (χ3n) is 2.96. The Balaban J connectivity index is 2.40. The van der Waals surface area contributed by atoms with Crippen LogP contribution in [0.5, 0.6) is 0 Å². The number of esters is 1. The maximum absolute atomic E-state index is 11.7. The van der Waals surface area contributed by atoms with E-state index in [0.717, 1.165) is 0 Å². The molecule has 110 valence electrons. The number of non-ortho nitro benzene ring substituents is 1. The molecule has 0 radical (unpaired) electrons. The smallest absolute Gasteiger partial charge is 0.328 e. The monoisotopic (exact) mass is 289 g/mol. The van der Waals surface area contributed by atoms with Crippen LogP contribution in [0.25, 0.3) is 10.9 Å². The number of rotatable bonds is 5. The molecule has 0 aliphatic rings. The number of ether oxygens (including phenoxy) is 1. The quantitative estimate of drug-likeness (QED) is 0.516. The summed E-state index contributed by atoms with van der Waals surface area (Å²) in [7, 11) is 0. The summed E-state index contributed by atoms with van der Waals surface area (Å²) in [4.78, 5) is 26.2. The van der Waals surface area contributed by atoms with E-state index in [1.54, 1.807) is 32.0 Å². The van der Waals surface area contributed by atoms with E-state index < -0.39 is 11.0 Å². The highest BCUT2D eigenvalue weighted by Gasteiger charge is 2.18. The molecule has 1 unspecified atom stereocenters. The van der Waals surface area contributed by atoms with Crippen LogP contribution in [0.1, 0.15) is 13.8 Å². The van der Waals surface area contributed by atoms with Gasteiger partial charge in [0.2, 0.25) is 0 Å². The van der Waals surface area contributed by atoms with Gasteiger partial charge < -0.3 is 10.1 Å². The summed E-state index contributed by atoms with van der Waals surface area (Å²) in [5.74, 6) is -0.382. The van der Waals surface area contributed by atoms with Crippen molar-refractivity contribution in [2.24, 2.45) is 0 Å². The molecule has 0 fully saturated rings. The zero-order valence-electron chi connectivity index (χ0n) is 11.7. The second-order valence-corrected chi connectivity index (χ2v) is 4.41. The van der Waals surface area contributed by atoms with Crippen LogP contribution in [0.15, 0.2) is 30.5 Å². The Labute approximate surface area is 121 Å². The molecule has 1 aromatic heterocycles. The van der Waals surface area contributed by atoms with Crippen molar-refractivity contribution in [1.82, 2.24) is 4.98 Å². The van der Waals surface area contributed by atoms with E-state index in [-0.39, 0.29) is 17.2 Å². The molecule has 0 saturated carbocycles. The van der Waals surface area contributed by atoms with E-state index >= 15 is 0 Å². The molecule has 1 N–H and O–H groups in total. The van der Waals surface area contributed by atoms with E-state index in [9.17, 15) is 14.9 Å². The fourth-order valence-electron chi connectivity index (χ4n) is 1.99. The maximum Gasteiger partial charge on any atom is 0.328 e. The number of carbonyl (C=O) groups is 1. The Kier molecular flexibility index (Phi) is 4.32. The zero-order chi connectivity index (χ0) is 15.4. The van der Waals surface area contributed by atoms with Crippen molar-refractivity contribution in [2.45, 2.75) is 19.9 Å². The average molecular weight is 289 g/mol. The Morgan fingerprint density at radius 3 is 2.90 bits per heavy atom. The largest absolute Gasteiger partial charge is 0.464 e. The van der Waals surface area contributed by atoms with Crippen molar-refractivity contribution in [3.8, 4) is 0 Å². The van der Waals surface area contributed by atoms with Crippen molar-refractivity contribution in [3.05, 3.63) is 40.6 Å². The van der Waals surface area contributed by atoms with Gasteiger partial charge in [-0.15, -0.1) is 0 Å². The lowest BCUT2D eigenvalue weighted by Gasteiger charge is -2.15. The molecule has 0 saturated heterocycles. The van der Waals surface area contributed by atoms with Gasteiger partial charge in [0.15, 0.2) is 0 Å². The van der Waals surface area contributed by atoms with Gasteiger partial charge in [0.05, 0.1) is 11.5 Å². The van der Waals surface area contributed by atoms with E-state index in [0.29, 0.717) is 17.7 Å². The van der Waals surface area contributed by atoms with Crippen LogP contribution in [-0.4, -0.2) is 28.5 Å². The second kappa shape index (κ2) is 6.17. The summed E-state index contributed by atoms with van der Waals surface area (Å²) in [6, 6.07) is 5.78. The SMILES string of the molecule is CCOC(=O)C(C)Nc1ccc([N+](=O)[O-])c2ncccc12. The average Bonchev–Trinajstić information content (AvgIpc) is 2.47. The first-order valence-electron chi connectivity index (χ1n) is 6.50. The molecule has 0 aliphatic carbocycles. The van der Waals surface area contributed by atoms with E-state index in [1.807, 2.05) is 0 Å². The van der Waals surface area contributed by atoms with Gasteiger partial charge in [-0.2, -0.15) is 0 Å². The Hall–Kier alpha value is -2.70. The number of fused-ring (bicyclic) bond motifs is 1. The lowest BCUT2D eigenvalue weighted by Crippen LogP contribution is -2.28. The fourth-order valence-corrected chi connectivity index (χ4v) is 1.99. The highest BCUT2D eigenvalue weighted by molar-refractivity contribution is 5.98. The molecule has 1 aromatic carbocycles. The molecule has 0 bridgehead atoms. The third-order valence-corrected chi connectivity index (χ3v) is 2.96. The van der Waals surface area contributed by atoms with Crippen LogP contribution in [0, 0.1) is 10.1 Å². The summed E-state index contributed by atoms with van der Waals surface area (Å²) < 4.78 is 4.92. The minimum absolute atomic E-state index is 0.0695. The molecule has 2 aromatic rings. The van der Waals surface area contributed by atoms with Crippen LogP contribution < -0.4 is 5.32 Å². The number of anilines is 1. The number of nitro groups is 1. The summed E-state index contributed by atoms with van der Waals surface area (Å²) >= 11 is 0. The van der Waals surface area contributed by atoms with E-state index in [2.05, 4.69) is 10.3 Å². The molecule has 2 rings (SSSR count). The summed E-state index contributed by atoms with van der Waals surface area (Å²) in [5.41, 5.74) is 0.813. The number of nitrogens with zero attached hydrogens (tertiary/aromatic N) is 2. The highest BCUT2D eigenvalue weighted by Crippen LogP contribution is 2.30. The Morgan fingerprint density at radius 2 is 2.24 bits per heavy atom.